The first-order chi connectivity index (χ1) is 22.5. The highest BCUT2D eigenvalue weighted by Crippen LogP contribution is 2.21. The Morgan fingerprint density at radius 3 is 1.17 bits per heavy atom. The van der Waals surface area contributed by atoms with Crippen molar-refractivity contribution in [1.82, 2.24) is 19.6 Å². The van der Waals surface area contributed by atoms with Gasteiger partial charge in [-0.05, 0) is 77.5 Å². The number of amides is 2. The van der Waals surface area contributed by atoms with Crippen molar-refractivity contribution in [1.29, 1.82) is 0 Å². The molecule has 2 saturated heterocycles. The number of carbonyl (C=O) groups is 2. The van der Waals surface area contributed by atoms with Crippen LogP contribution >= 0.6 is 48.0 Å². The fourth-order valence-corrected chi connectivity index (χ4v) is 7.75. The number of halogens is 2. The number of piperidine rings is 2. The number of likely N-dealkylation sites (tertiary alicyclic amines) is 2. The van der Waals surface area contributed by atoms with Crippen LogP contribution in [0, 0.1) is 11.8 Å². The molecule has 2 heterocycles. The molecule has 2 amide bonds. The van der Waals surface area contributed by atoms with E-state index >= 15 is 0 Å². The first-order valence-corrected chi connectivity index (χ1v) is 20.4. The van der Waals surface area contributed by atoms with Gasteiger partial charge in [0, 0.05) is 40.3 Å². The lowest BCUT2D eigenvalue weighted by Crippen LogP contribution is -2.44. The normalized spacial score (nSPS) is 18.6. The number of hydrogen-bond acceptors (Lipinski definition) is 4. The fourth-order valence-electron chi connectivity index (χ4n) is 7.75. The lowest BCUT2D eigenvalue weighted by Gasteiger charge is -2.34. The molecule has 8 heteroatoms. The summed E-state index contributed by atoms with van der Waals surface area (Å²) in [5.41, 5.74) is 0. The van der Waals surface area contributed by atoms with Gasteiger partial charge in [-0.25, -0.2) is 0 Å². The Morgan fingerprint density at radius 2 is 0.812 bits per heavy atom. The summed E-state index contributed by atoms with van der Waals surface area (Å²) >= 11 is 0. The van der Waals surface area contributed by atoms with Crippen LogP contribution in [0.5, 0.6) is 0 Å². The monoisotopic (exact) mass is 902 g/mol. The zero-order valence-electron chi connectivity index (χ0n) is 32.2. The maximum Gasteiger partial charge on any atom is 0.226 e. The van der Waals surface area contributed by atoms with Crippen molar-refractivity contribution in [3.05, 3.63) is 0 Å². The van der Waals surface area contributed by atoms with E-state index in [9.17, 15) is 9.59 Å². The van der Waals surface area contributed by atoms with Gasteiger partial charge >= 0.3 is 0 Å². The van der Waals surface area contributed by atoms with Crippen LogP contribution in [0.3, 0.4) is 0 Å². The molecule has 2 atom stereocenters. The third-order valence-corrected chi connectivity index (χ3v) is 10.9. The Bertz CT molecular complexity index is 712. The minimum Gasteiger partial charge on any atom is -0.345 e. The largest absolute Gasteiger partial charge is 0.345 e. The molecule has 0 aliphatic carbocycles. The molecule has 2 aliphatic heterocycles. The van der Waals surface area contributed by atoms with Crippen LogP contribution in [-0.4, -0.2) is 97.9 Å². The summed E-state index contributed by atoms with van der Waals surface area (Å²) in [7, 11) is 4.02. The van der Waals surface area contributed by atoms with E-state index in [1.807, 2.05) is 23.9 Å². The van der Waals surface area contributed by atoms with Gasteiger partial charge < -0.3 is 19.6 Å². The van der Waals surface area contributed by atoms with Crippen LogP contribution in [-0.2, 0) is 9.59 Å². The van der Waals surface area contributed by atoms with Crippen LogP contribution in [0.15, 0.2) is 0 Å². The Balaban J connectivity index is 0.0000110. The SMILES string of the molecule is CCCCCCCCCCN1CCCC(C(=O)N(C)CCCCCCN(C)C(=O)C2CCCN(CCCCCCCCCC)C2)C1.I.I. The maximum absolute atomic E-state index is 13.2. The van der Waals surface area contributed by atoms with E-state index in [0.717, 1.165) is 90.6 Å². The summed E-state index contributed by atoms with van der Waals surface area (Å²) < 4.78 is 0. The molecule has 2 aliphatic rings. The third-order valence-electron chi connectivity index (χ3n) is 10.9. The highest BCUT2D eigenvalue weighted by molar-refractivity contribution is 14.0. The summed E-state index contributed by atoms with van der Waals surface area (Å²) in [6.07, 6.45) is 30.6. The smallest absolute Gasteiger partial charge is 0.226 e. The van der Waals surface area contributed by atoms with E-state index in [1.165, 1.54) is 116 Å². The summed E-state index contributed by atoms with van der Waals surface area (Å²) in [4.78, 5) is 35.5. The molecule has 0 aromatic heterocycles. The van der Waals surface area contributed by atoms with E-state index in [-0.39, 0.29) is 59.8 Å². The van der Waals surface area contributed by atoms with Gasteiger partial charge in [-0.15, -0.1) is 48.0 Å². The second-order valence-corrected chi connectivity index (χ2v) is 15.2. The molecule has 0 saturated carbocycles. The number of nitrogens with zero attached hydrogens (tertiary/aromatic N) is 4. The van der Waals surface area contributed by atoms with E-state index < -0.39 is 0 Å². The van der Waals surface area contributed by atoms with Crippen LogP contribution in [0.4, 0.5) is 0 Å². The Hall–Kier alpha value is 0.320. The molecule has 0 aromatic carbocycles. The molecule has 48 heavy (non-hydrogen) atoms. The minimum atomic E-state index is 0. The number of unbranched alkanes of at least 4 members (excludes halogenated alkanes) is 17. The quantitative estimate of drug-likeness (QED) is 0.0609. The van der Waals surface area contributed by atoms with Gasteiger partial charge in [0.2, 0.25) is 11.8 Å². The predicted octanol–water partition coefficient (Wildman–Crippen LogP) is 10.4. The van der Waals surface area contributed by atoms with E-state index in [2.05, 4.69) is 23.6 Å². The highest BCUT2D eigenvalue weighted by Gasteiger charge is 2.28. The van der Waals surface area contributed by atoms with Crippen molar-refractivity contribution in [2.24, 2.45) is 11.8 Å². The Kier molecular flexibility index (Phi) is 32.2. The lowest BCUT2D eigenvalue weighted by molar-refractivity contribution is -0.137. The number of hydrogen-bond donors (Lipinski definition) is 0. The summed E-state index contributed by atoms with van der Waals surface area (Å²) in [5.74, 6) is 1.08. The second-order valence-electron chi connectivity index (χ2n) is 15.2. The molecular formula is C40H80I2N4O2. The van der Waals surface area contributed by atoms with Crippen LogP contribution in [0.1, 0.15) is 168 Å². The maximum atomic E-state index is 13.2. The second kappa shape index (κ2) is 32.0. The van der Waals surface area contributed by atoms with Crippen molar-refractivity contribution >= 4 is 59.8 Å². The van der Waals surface area contributed by atoms with Gasteiger partial charge in [-0.1, -0.05) is 117 Å². The Labute approximate surface area is 333 Å². The minimum absolute atomic E-state index is 0. The molecule has 286 valence electrons. The van der Waals surface area contributed by atoms with Gasteiger partial charge in [0.1, 0.15) is 0 Å². The van der Waals surface area contributed by atoms with Crippen molar-refractivity contribution in [3.63, 3.8) is 0 Å². The van der Waals surface area contributed by atoms with Crippen LogP contribution in [0.25, 0.3) is 0 Å². The Morgan fingerprint density at radius 1 is 0.500 bits per heavy atom. The zero-order chi connectivity index (χ0) is 33.2. The van der Waals surface area contributed by atoms with Crippen molar-refractivity contribution in [3.8, 4) is 0 Å². The van der Waals surface area contributed by atoms with Gasteiger partial charge in [0.05, 0.1) is 11.8 Å². The standard InChI is InChI=1S/C40H78N4O2.2HI/c1-5-7-9-11-13-15-17-23-31-43-33-25-27-37(35-43)39(45)41(3)29-21-19-20-22-30-42(4)40(46)38-28-26-34-44(36-38)32-24-18-16-14-12-10-8-6-2;;/h37-38H,5-36H2,1-4H3;2*1H. The van der Waals surface area contributed by atoms with Crippen molar-refractivity contribution < 1.29 is 9.59 Å². The summed E-state index contributed by atoms with van der Waals surface area (Å²) in [6, 6.07) is 0. The van der Waals surface area contributed by atoms with Crippen LogP contribution in [0.2, 0.25) is 0 Å². The first-order valence-electron chi connectivity index (χ1n) is 20.4. The predicted molar refractivity (Wildman–Crippen MR) is 228 cm³/mol. The van der Waals surface area contributed by atoms with Crippen molar-refractivity contribution in [2.75, 3.05) is 66.5 Å². The number of carbonyl (C=O) groups excluding carboxylic acids is 2. The first kappa shape index (κ1) is 48.3. The number of rotatable bonds is 27. The average molecular weight is 903 g/mol. The molecule has 0 radical (unpaired) electrons. The molecule has 6 nitrogen and oxygen atoms in total. The molecule has 2 fully saturated rings. The molecule has 0 aromatic rings. The molecule has 2 unspecified atom stereocenters. The van der Waals surface area contributed by atoms with Gasteiger partial charge in [-0.2, -0.15) is 0 Å². The van der Waals surface area contributed by atoms with E-state index in [1.54, 1.807) is 0 Å². The van der Waals surface area contributed by atoms with E-state index in [0.29, 0.717) is 11.8 Å². The summed E-state index contributed by atoms with van der Waals surface area (Å²) in [6.45, 7) is 12.9. The summed E-state index contributed by atoms with van der Waals surface area (Å²) in [5, 5.41) is 0. The fraction of sp³-hybridized carbons (Fsp3) is 0.950. The van der Waals surface area contributed by atoms with E-state index in [4.69, 9.17) is 0 Å². The molecule has 0 N–H and O–H groups in total. The highest BCUT2D eigenvalue weighted by atomic mass is 127. The third kappa shape index (κ3) is 22.3. The lowest BCUT2D eigenvalue weighted by atomic mass is 9.96. The molecule has 0 spiro atoms. The van der Waals surface area contributed by atoms with Crippen LogP contribution < -0.4 is 0 Å². The average Bonchev–Trinajstić information content (AvgIpc) is 3.08. The molecule has 2 rings (SSSR count). The zero-order valence-corrected chi connectivity index (χ0v) is 36.9. The van der Waals surface area contributed by atoms with Gasteiger partial charge in [0.15, 0.2) is 0 Å². The van der Waals surface area contributed by atoms with Gasteiger partial charge in [-0.3, -0.25) is 9.59 Å². The van der Waals surface area contributed by atoms with Gasteiger partial charge in [0.25, 0.3) is 0 Å². The van der Waals surface area contributed by atoms with Crippen molar-refractivity contribution in [2.45, 2.75) is 168 Å². The molecule has 0 bridgehead atoms. The topological polar surface area (TPSA) is 47.1 Å². The molecular weight excluding hydrogens is 822 g/mol.